The summed E-state index contributed by atoms with van der Waals surface area (Å²) >= 11 is 0. The van der Waals surface area contributed by atoms with Crippen molar-refractivity contribution in [1.29, 1.82) is 0 Å². The van der Waals surface area contributed by atoms with Crippen molar-refractivity contribution in [3.05, 3.63) is 34.4 Å². The Morgan fingerprint density at radius 3 is 2.45 bits per heavy atom. The molecule has 4 nitrogen and oxygen atoms in total. The molecule has 0 bridgehead atoms. The molecule has 160 valence electrons. The van der Waals surface area contributed by atoms with E-state index < -0.39 is 11.4 Å². The molecule has 1 fully saturated rings. The standard InChI is InChI=1S/C25H37NO3/c1-15(2)18-13-17-9-10-21-24(5,11-8-12-25(21,6)23(27)28)20(17)14-19(18)22(16(3)4)26-29-7/h13-16,21H,8-12H2,1-7H3,(H,27,28)/b26-22+/t21?,24-,25-/m1/s1. The zero-order chi connectivity index (χ0) is 21.6. The second-order valence-electron chi connectivity index (χ2n) is 10.2. The molecular formula is C25H37NO3. The van der Waals surface area contributed by atoms with E-state index >= 15 is 0 Å². The van der Waals surface area contributed by atoms with E-state index in [1.807, 2.05) is 6.92 Å². The van der Waals surface area contributed by atoms with Crippen molar-refractivity contribution in [3.63, 3.8) is 0 Å². The Kier molecular flexibility index (Phi) is 5.86. The summed E-state index contributed by atoms with van der Waals surface area (Å²) in [4.78, 5) is 17.4. The van der Waals surface area contributed by atoms with Crippen molar-refractivity contribution in [1.82, 2.24) is 0 Å². The molecule has 1 N–H and O–H groups in total. The van der Waals surface area contributed by atoms with Crippen LogP contribution in [-0.2, 0) is 21.5 Å². The van der Waals surface area contributed by atoms with Gasteiger partial charge in [0.05, 0.1) is 11.1 Å². The SMILES string of the molecule is CO/N=C(/c1cc2c(cc1C(C)C)CCC1[C@](C)(C(=O)O)CCC[C@]21C)C(C)C. The van der Waals surface area contributed by atoms with Crippen LogP contribution in [0.4, 0.5) is 0 Å². The average Bonchev–Trinajstić information content (AvgIpc) is 2.64. The number of aliphatic carboxylic acids is 1. The summed E-state index contributed by atoms with van der Waals surface area (Å²) in [5.41, 5.74) is 5.42. The van der Waals surface area contributed by atoms with E-state index in [1.54, 1.807) is 7.11 Å². The highest BCUT2D eigenvalue weighted by Gasteiger charge is 2.55. The van der Waals surface area contributed by atoms with Crippen LogP contribution in [0.25, 0.3) is 0 Å². The predicted molar refractivity (Wildman–Crippen MR) is 118 cm³/mol. The number of benzene rings is 1. The first-order valence-corrected chi connectivity index (χ1v) is 11.1. The van der Waals surface area contributed by atoms with Crippen molar-refractivity contribution >= 4 is 11.7 Å². The van der Waals surface area contributed by atoms with Crippen LogP contribution in [0.15, 0.2) is 17.3 Å². The Labute approximate surface area is 175 Å². The molecule has 1 aromatic rings. The van der Waals surface area contributed by atoms with Crippen LogP contribution in [-0.4, -0.2) is 23.9 Å². The predicted octanol–water partition coefficient (Wildman–Crippen LogP) is 5.91. The number of carbonyl (C=O) groups is 1. The van der Waals surface area contributed by atoms with Gasteiger partial charge in [0.15, 0.2) is 0 Å². The topological polar surface area (TPSA) is 58.9 Å². The van der Waals surface area contributed by atoms with Crippen LogP contribution in [0.5, 0.6) is 0 Å². The summed E-state index contributed by atoms with van der Waals surface area (Å²) in [6, 6.07) is 4.71. The molecule has 2 aliphatic rings. The summed E-state index contributed by atoms with van der Waals surface area (Å²) in [6.07, 6.45) is 4.69. The molecular weight excluding hydrogens is 362 g/mol. The maximum Gasteiger partial charge on any atom is 0.309 e. The van der Waals surface area contributed by atoms with Crippen LogP contribution in [0, 0.1) is 17.3 Å². The number of hydrogen-bond acceptors (Lipinski definition) is 3. The molecule has 0 aromatic heterocycles. The molecule has 4 heteroatoms. The minimum absolute atomic E-state index is 0.113. The van der Waals surface area contributed by atoms with Crippen LogP contribution < -0.4 is 0 Å². The van der Waals surface area contributed by atoms with Crippen LogP contribution in [0.3, 0.4) is 0 Å². The highest BCUT2D eigenvalue weighted by atomic mass is 16.6. The van der Waals surface area contributed by atoms with E-state index in [9.17, 15) is 9.90 Å². The van der Waals surface area contributed by atoms with Crippen LogP contribution >= 0.6 is 0 Å². The lowest BCUT2D eigenvalue weighted by Crippen LogP contribution is -2.52. The van der Waals surface area contributed by atoms with Gasteiger partial charge in [-0.05, 0) is 78.5 Å². The molecule has 29 heavy (non-hydrogen) atoms. The Hall–Kier alpha value is -1.84. The summed E-state index contributed by atoms with van der Waals surface area (Å²) in [6.45, 7) is 13.0. The fourth-order valence-corrected chi connectivity index (χ4v) is 6.06. The number of aryl methyl sites for hydroxylation is 1. The zero-order valence-electron chi connectivity index (χ0n) is 19.1. The number of oxime groups is 1. The fourth-order valence-electron chi connectivity index (χ4n) is 6.06. The summed E-state index contributed by atoms with van der Waals surface area (Å²) in [5, 5.41) is 14.5. The molecule has 0 aliphatic heterocycles. The van der Waals surface area contributed by atoms with E-state index in [4.69, 9.17) is 4.84 Å². The second kappa shape index (κ2) is 7.77. The third kappa shape index (κ3) is 3.49. The third-order valence-electron chi connectivity index (χ3n) is 7.65. The van der Waals surface area contributed by atoms with Gasteiger partial charge < -0.3 is 9.94 Å². The average molecular weight is 400 g/mol. The normalized spacial score (nSPS) is 29.6. The number of fused-ring (bicyclic) bond motifs is 3. The molecule has 0 saturated heterocycles. The Morgan fingerprint density at radius 1 is 1.21 bits per heavy atom. The largest absolute Gasteiger partial charge is 0.481 e. The number of nitrogens with zero attached hydrogens (tertiary/aromatic N) is 1. The molecule has 0 spiro atoms. The van der Waals surface area contributed by atoms with Crippen molar-refractivity contribution in [3.8, 4) is 0 Å². The van der Waals surface area contributed by atoms with Gasteiger partial charge in [-0.15, -0.1) is 0 Å². The first kappa shape index (κ1) is 21.9. The van der Waals surface area contributed by atoms with Gasteiger partial charge in [0.1, 0.15) is 7.11 Å². The monoisotopic (exact) mass is 399 g/mol. The molecule has 1 unspecified atom stereocenters. The van der Waals surface area contributed by atoms with Crippen LogP contribution in [0.2, 0.25) is 0 Å². The maximum atomic E-state index is 12.2. The van der Waals surface area contributed by atoms with Gasteiger partial charge in [-0.3, -0.25) is 4.79 Å². The number of hydrogen-bond donors (Lipinski definition) is 1. The lowest BCUT2D eigenvalue weighted by Gasteiger charge is -2.53. The van der Waals surface area contributed by atoms with Gasteiger partial charge in [-0.2, -0.15) is 0 Å². The zero-order valence-corrected chi connectivity index (χ0v) is 19.1. The minimum atomic E-state index is -0.650. The van der Waals surface area contributed by atoms with E-state index in [0.717, 1.165) is 37.8 Å². The third-order valence-corrected chi connectivity index (χ3v) is 7.65. The summed E-state index contributed by atoms with van der Waals surface area (Å²) < 4.78 is 0. The Bertz CT molecular complexity index is 826. The lowest BCUT2D eigenvalue weighted by atomic mass is 9.49. The summed E-state index contributed by atoms with van der Waals surface area (Å²) in [7, 11) is 1.60. The van der Waals surface area contributed by atoms with Gasteiger partial charge >= 0.3 is 5.97 Å². The first-order chi connectivity index (χ1) is 13.6. The molecule has 0 radical (unpaired) electrons. The number of rotatable bonds is 5. The smallest absolute Gasteiger partial charge is 0.309 e. The van der Waals surface area contributed by atoms with E-state index in [-0.39, 0.29) is 17.3 Å². The van der Waals surface area contributed by atoms with E-state index in [2.05, 4.69) is 51.9 Å². The van der Waals surface area contributed by atoms with Gasteiger partial charge in [0.25, 0.3) is 0 Å². The highest BCUT2D eigenvalue weighted by Crippen LogP contribution is 2.57. The maximum absolute atomic E-state index is 12.2. The lowest BCUT2D eigenvalue weighted by molar-refractivity contribution is -0.157. The Morgan fingerprint density at radius 2 is 1.90 bits per heavy atom. The molecule has 1 saturated carbocycles. The van der Waals surface area contributed by atoms with Crippen molar-refractivity contribution < 1.29 is 14.7 Å². The minimum Gasteiger partial charge on any atom is -0.481 e. The molecule has 0 heterocycles. The Balaban J connectivity index is 2.23. The van der Waals surface area contributed by atoms with Crippen molar-refractivity contribution in [2.24, 2.45) is 22.4 Å². The van der Waals surface area contributed by atoms with Gasteiger partial charge in [0, 0.05) is 5.56 Å². The summed E-state index contributed by atoms with van der Waals surface area (Å²) in [5.74, 6) is 0.152. The van der Waals surface area contributed by atoms with Crippen molar-refractivity contribution in [2.45, 2.75) is 85.0 Å². The van der Waals surface area contributed by atoms with Gasteiger partial charge in [-0.1, -0.05) is 52.3 Å². The quantitative estimate of drug-likeness (QED) is 0.494. The number of carboxylic acids is 1. The molecule has 0 amide bonds. The fraction of sp³-hybridized carbons (Fsp3) is 0.680. The van der Waals surface area contributed by atoms with E-state index in [0.29, 0.717) is 5.92 Å². The molecule has 1 aromatic carbocycles. The first-order valence-electron chi connectivity index (χ1n) is 11.1. The highest BCUT2D eigenvalue weighted by molar-refractivity contribution is 6.03. The van der Waals surface area contributed by atoms with Gasteiger partial charge in [0.2, 0.25) is 0 Å². The molecule has 2 aliphatic carbocycles. The van der Waals surface area contributed by atoms with Crippen LogP contribution in [0.1, 0.15) is 95.4 Å². The second-order valence-corrected chi connectivity index (χ2v) is 10.2. The molecule has 3 atom stereocenters. The van der Waals surface area contributed by atoms with Gasteiger partial charge in [-0.25, -0.2) is 0 Å². The number of carboxylic acid groups (broad SMARTS) is 1. The van der Waals surface area contributed by atoms with Crippen molar-refractivity contribution in [2.75, 3.05) is 7.11 Å². The molecule has 3 rings (SSSR count). The van der Waals surface area contributed by atoms with E-state index in [1.165, 1.54) is 22.3 Å².